The van der Waals surface area contributed by atoms with Crippen molar-refractivity contribution in [2.75, 3.05) is 56.2 Å². The van der Waals surface area contributed by atoms with Crippen LogP contribution in [0.5, 0.6) is 6.01 Å². The third kappa shape index (κ3) is 5.47. The molecule has 0 bridgehead atoms. The summed E-state index contributed by atoms with van der Waals surface area (Å²) in [5.74, 6) is 0.727. The molecule has 3 aliphatic heterocycles. The van der Waals surface area contributed by atoms with Crippen molar-refractivity contribution in [3.8, 4) is 12.1 Å². The van der Waals surface area contributed by atoms with Crippen LogP contribution in [0.4, 0.5) is 11.5 Å². The van der Waals surface area contributed by atoms with Gasteiger partial charge in [-0.2, -0.15) is 15.2 Å². The minimum atomic E-state index is -0.229. The van der Waals surface area contributed by atoms with E-state index in [9.17, 15) is 10.1 Å². The predicted molar refractivity (Wildman–Crippen MR) is 160 cm³/mol. The Morgan fingerprint density at radius 1 is 1.12 bits per heavy atom. The molecule has 0 N–H and O–H groups in total. The van der Waals surface area contributed by atoms with Gasteiger partial charge in [0.1, 0.15) is 12.4 Å². The smallest absolute Gasteiger partial charge is 0.318 e. The van der Waals surface area contributed by atoms with Crippen LogP contribution in [0.2, 0.25) is 5.02 Å². The number of ether oxygens (including phenoxy) is 1. The van der Waals surface area contributed by atoms with E-state index in [1.807, 2.05) is 6.07 Å². The SMILES string of the molecule is C=CC(=O)N1CCN(c2nc(OC[C@@H]3CCCN3C)nc3c2CCN(c2c(Cl)ccc4c2CCC4)C3)C[C@@H]1CC#N. The van der Waals surface area contributed by atoms with Gasteiger partial charge in [0.15, 0.2) is 0 Å². The van der Waals surface area contributed by atoms with E-state index in [1.165, 1.54) is 23.6 Å². The van der Waals surface area contributed by atoms with Crippen LogP contribution >= 0.6 is 11.6 Å². The number of aromatic nitrogens is 2. The molecule has 6 rings (SSSR count). The van der Waals surface area contributed by atoms with Crippen LogP contribution in [-0.4, -0.2) is 84.1 Å². The first kappa shape index (κ1) is 27.8. The molecular formula is C31H38ClN7O2. The van der Waals surface area contributed by atoms with Gasteiger partial charge in [-0.25, -0.2) is 0 Å². The van der Waals surface area contributed by atoms with Gasteiger partial charge in [-0.05, 0) is 75.4 Å². The highest BCUT2D eigenvalue weighted by molar-refractivity contribution is 6.33. The van der Waals surface area contributed by atoms with Crippen LogP contribution in [-0.2, 0) is 30.6 Å². The van der Waals surface area contributed by atoms with Gasteiger partial charge in [-0.1, -0.05) is 24.2 Å². The number of nitriles is 1. The first-order chi connectivity index (χ1) is 20.0. The molecule has 0 spiro atoms. The zero-order valence-corrected chi connectivity index (χ0v) is 24.6. The van der Waals surface area contributed by atoms with Crippen LogP contribution in [0, 0.1) is 11.3 Å². The van der Waals surface area contributed by atoms with Gasteiger partial charge in [0.25, 0.3) is 0 Å². The molecule has 2 fully saturated rings. The van der Waals surface area contributed by atoms with Gasteiger partial charge < -0.3 is 24.3 Å². The molecular weight excluding hydrogens is 538 g/mol. The van der Waals surface area contributed by atoms with Crippen molar-refractivity contribution >= 4 is 29.0 Å². The monoisotopic (exact) mass is 575 g/mol. The average Bonchev–Trinajstić information content (AvgIpc) is 3.63. The largest absolute Gasteiger partial charge is 0.462 e. The van der Waals surface area contributed by atoms with E-state index in [2.05, 4.69) is 40.5 Å². The van der Waals surface area contributed by atoms with E-state index in [1.54, 1.807) is 4.90 Å². The lowest BCUT2D eigenvalue weighted by molar-refractivity contribution is -0.128. The highest BCUT2D eigenvalue weighted by atomic mass is 35.5. The molecule has 216 valence electrons. The van der Waals surface area contributed by atoms with Crippen LogP contribution < -0.4 is 14.5 Å². The topological polar surface area (TPSA) is 88.8 Å². The molecule has 0 saturated carbocycles. The van der Waals surface area contributed by atoms with E-state index in [0.29, 0.717) is 44.8 Å². The fourth-order valence-electron chi connectivity index (χ4n) is 6.96. The molecule has 0 radical (unpaired) electrons. The van der Waals surface area contributed by atoms with Crippen LogP contribution in [0.15, 0.2) is 24.8 Å². The lowest BCUT2D eigenvalue weighted by Crippen LogP contribution is -2.55. The van der Waals surface area contributed by atoms with E-state index in [4.69, 9.17) is 26.3 Å². The zero-order valence-electron chi connectivity index (χ0n) is 23.8. The summed E-state index contributed by atoms with van der Waals surface area (Å²) in [5, 5.41) is 10.3. The Labute approximate surface area is 247 Å². The van der Waals surface area contributed by atoms with E-state index in [0.717, 1.165) is 73.0 Å². The third-order valence-corrected chi connectivity index (χ3v) is 9.49. The average molecular weight is 576 g/mol. The van der Waals surface area contributed by atoms with Crippen molar-refractivity contribution in [1.29, 1.82) is 5.26 Å². The molecule has 2 saturated heterocycles. The molecule has 10 heteroatoms. The number of aryl methyl sites for hydroxylation is 1. The fourth-order valence-corrected chi connectivity index (χ4v) is 7.26. The van der Waals surface area contributed by atoms with Crippen LogP contribution in [0.25, 0.3) is 0 Å². The van der Waals surface area contributed by atoms with Gasteiger partial charge in [0.05, 0.1) is 41.5 Å². The highest BCUT2D eigenvalue weighted by Crippen LogP contribution is 2.40. The van der Waals surface area contributed by atoms with Crippen LogP contribution in [0.1, 0.15) is 48.1 Å². The summed E-state index contributed by atoms with van der Waals surface area (Å²) in [6.45, 7) is 8.41. The van der Waals surface area contributed by atoms with Crippen molar-refractivity contribution in [3.63, 3.8) is 0 Å². The van der Waals surface area contributed by atoms with Gasteiger partial charge in [0.2, 0.25) is 5.91 Å². The number of carbonyl (C=O) groups excluding carboxylic acids is 1. The fraction of sp³-hybridized carbons (Fsp3) is 0.548. The lowest BCUT2D eigenvalue weighted by atomic mass is 10.0. The lowest BCUT2D eigenvalue weighted by Gasteiger charge is -2.42. The Kier molecular flexibility index (Phi) is 8.05. The standard InChI is InChI=1S/C31H38ClN7O2/c1-3-28(40)39-17-16-38(18-22(39)11-13-33)30-25-12-15-37(29-24-8-4-6-21(24)9-10-26(29)32)19-27(25)34-31(35-30)41-20-23-7-5-14-36(23)2/h3,9-10,22-23H,1,4-8,11-12,14-20H2,2H3/t22-,23-/m0/s1. The van der Waals surface area contributed by atoms with Crippen molar-refractivity contribution < 1.29 is 9.53 Å². The first-order valence-corrected chi connectivity index (χ1v) is 15.2. The number of likely N-dealkylation sites (N-methyl/N-ethyl adjacent to an activating group) is 1. The molecule has 0 unspecified atom stereocenters. The van der Waals surface area contributed by atoms with Crippen LogP contribution in [0.3, 0.4) is 0 Å². The predicted octanol–water partition coefficient (Wildman–Crippen LogP) is 3.77. The molecule has 4 heterocycles. The van der Waals surface area contributed by atoms with Crippen molar-refractivity contribution in [2.24, 2.45) is 0 Å². The maximum absolute atomic E-state index is 12.5. The van der Waals surface area contributed by atoms with E-state index in [-0.39, 0.29) is 18.4 Å². The summed E-state index contributed by atoms with van der Waals surface area (Å²) >= 11 is 6.81. The molecule has 1 amide bonds. The zero-order chi connectivity index (χ0) is 28.5. The Hall–Kier alpha value is -3.35. The molecule has 1 aromatic heterocycles. The molecule has 4 aliphatic rings. The number of amides is 1. The number of anilines is 2. The number of hydrogen-bond donors (Lipinski definition) is 0. The van der Waals surface area contributed by atoms with Crippen molar-refractivity contribution in [3.05, 3.63) is 52.2 Å². The number of nitrogens with zero attached hydrogens (tertiary/aromatic N) is 7. The quantitative estimate of drug-likeness (QED) is 0.461. The van der Waals surface area contributed by atoms with Gasteiger partial charge in [-0.15, -0.1) is 0 Å². The third-order valence-electron chi connectivity index (χ3n) is 9.19. The van der Waals surface area contributed by atoms with Gasteiger partial charge >= 0.3 is 6.01 Å². The summed E-state index contributed by atoms with van der Waals surface area (Å²) in [4.78, 5) is 31.1. The Bertz CT molecular complexity index is 1380. The number of hydrogen-bond acceptors (Lipinski definition) is 8. The molecule has 9 nitrogen and oxygen atoms in total. The number of likely N-dealkylation sites (tertiary alicyclic amines) is 1. The normalized spacial score (nSPS) is 22.3. The summed E-state index contributed by atoms with van der Waals surface area (Å²) in [7, 11) is 2.14. The second kappa shape index (κ2) is 11.9. The summed E-state index contributed by atoms with van der Waals surface area (Å²) in [6, 6.07) is 6.99. The van der Waals surface area contributed by atoms with E-state index < -0.39 is 0 Å². The minimum absolute atomic E-state index is 0.137. The molecule has 41 heavy (non-hydrogen) atoms. The number of piperazine rings is 1. The van der Waals surface area contributed by atoms with E-state index >= 15 is 0 Å². The number of fused-ring (bicyclic) bond motifs is 2. The number of rotatable bonds is 7. The summed E-state index contributed by atoms with van der Waals surface area (Å²) in [6.07, 6.45) is 7.97. The number of halogens is 1. The number of carbonyl (C=O) groups is 1. The molecule has 1 aliphatic carbocycles. The molecule has 2 atom stereocenters. The second-order valence-electron chi connectivity index (χ2n) is 11.6. The summed E-state index contributed by atoms with van der Waals surface area (Å²) < 4.78 is 6.28. The van der Waals surface area contributed by atoms with Gasteiger partial charge in [0, 0.05) is 37.8 Å². The second-order valence-corrected chi connectivity index (χ2v) is 12.0. The number of benzene rings is 1. The van der Waals surface area contributed by atoms with Crippen molar-refractivity contribution in [1.82, 2.24) is 19.8 Å². The highest BCUT2D eigenvalue weighted by Gasteiger charge is 2.34. The van der Waals surface area contributed by atoms with Crippen molar-refractivity contribution in [2.45, 2.75) is 63.6 Å². The Morgan fingerprint density at radius 2 is 2.00 bits per heavy atom. The van der Waals surface area contributed by atoms with Gasteiger partial charge in [-0.3, -0.25) is 4.79 Å². The first-order valence-electron chi connectivity index (χ1n) is 14.8. The Balaban J connectivity index is 1.32. The molecule has 1 aromatic carbocycles. The minimum Gasteiger partial charge on any atom is -0.462 e. The Morgan fingerprint density at radius 3 is 2.78 bits per heavy atom. The summed E-state index contributed by atoms with van der Waals surface area (Å²) in [5.41, 5.74) is 6.00. The molecule has 2 aromatic rings. The maximum atomic E-state index is 12.5. The maximum Gasteiger partial charge on any atom is 0.318 e.